The molecule has 6 nitrogen and oxygen atoms in total. The van der Waals surface area contributed by atoms with Gasteiger partial charge in [0.25, 0.3) is 5.91 Å². The van der Waals surface area contributed by atoms with Gasteiger partial charge in [0.05, 0.1) is 12.2 Å². The van der Waals surface area contributed by atoms with E-state index in [1.54, 1.807) is 4.68 Å². The molecule has 0 aliphatic carbocycles. The maximum Gasteiger partial charge on any atom is 0.273 e. The third kappa shape index (κ3) is 5.28. The summed E-state index contributed by atoms with van der Waals surface area (Å²) in [6.45, 7) is 5.76. The Morgan fingerprint density at radius 1 is 1.30 bits per heavy atom. The first-order valence-corrected chi connectivity index (χ1v) is 9.76. The molecule has 8 heteroatoms. The molecule has 0 aliphatic heterocycles. The van der Waals surface area contributed by atoms with Crippen LogP contribution < -0.4 is 11.1 Å². The second-order valence-corrected chi connectivity index (χ2v) is 8.57. The van der Waals surface area contributed by atoms with Gasteiger partial charge in [-0.25, -0.2) is 0 Å². The Morgan fingerprint density at radius 3 is 2.59 bits per heavy atom. The van der Waals surface area contributed by atoms with Crippen molar-refractivity contribution in [2.75, 3.05) is 6.67 Å². The molecule has 0 saturated carbocycles. The number of unbranched alkanes of at least 4 members (excludes halogenated alkanes) is 2. The summed E-state index contributed by atoms with van der Waals surface area (Å²) in [7, 11) is 0. The standard InChI is InChI=1S/C19H26BrFN4O2/c1-19(2,3)16(17(22)26)23-18(27)15-13-11-12(20)7-8-14(13)25(24-15)10-6-4-5-9-21/h7-8,11,16H,4-6,9-10H2,1-3H3,(H2,22,26)(H,23,27). The predicted molar refractivity (Wildman–Crippen MR) is 107 cm³/mol. The SMILES string of the molecule is CC(C)(C)C(NC(=O)c1nn(CCCCCF)c2ccc(Br)cc12)C(N)=O. The third-order valence-corrected chi connectivity index (χ3v) is 4.85. The summed E-state index contributed by atoms with van der Waals surface area (Å²) in [6.07, 6.45) is 2.04. The Kier molecular flexibility index (Phi) is 6.97. The molecule has 1 atom stereocenters. The number of benzene rings is 1. The number of alkyl halides is 1. The number of hydrogen-bond donors (Lipinski definition) is 2. The first-order chi connectivity index (χ1) is 12.6. The van der Waals surface area contributed by atoms with Crippen LogP contribution in [0.5, 0.6) is 0 Å². The minimum Gasteiger partial charge on any atom is -0.368 e. The average molecular weight is 441 g/mol. The van der Waals surface area contributed by atoms with E-state index < -0.39 is 23.3 Å². The van der Waals surface area contributed by atoms with Gasteiger partial charge in [0.2, 0.25) is 5.91 Å². The van der Waals surface area contributed by atoms with Crippen molar-refractivity contribution in [3.05, 3.63) is 28.4 Å². The van der Waals surface area contributed by atoms with Gasteiger partial charge in [0, 0.05) is 16.4 Å². The molecule has 0 fully saturated rings. The molecular weight excluding hydrogens is 415 g/mol. The number of nitrogens with two attached hydrogens (primary N) is 1. The summed E-state index contributed by atoms with van der Waals surface area (Å²) < 4.78 is 14.9. The molecule has 148 valence electrons. The van der Waals surface area contributed by atoms with Gasteiger partial charge in [0.1, 0.15) is 6.04 Å². The molecule has 0 radical (unpaired) electrons. The van der Waals surface area contributed by atoms with Crippen LogP contribution in [-0.4, -0.2) is 34.3 Å². The number of aromatic nitrogens is 2. The first kappa shape index (κ1) is 21.3. The van der Waals surface area contributed by atoms with Gasteiger partial charge in [-0.1, -0.05) is 36.7 Å². The average Bonchev–Trinajstić information content (AvgIpc) is 2.93. The summed E-state index contributed by atoms with van der Waals surface area (Å²) in [6, 6.07) is 4.77. The lowest BCUT2D eigenvalue weighted by molar-refractivity contribution is -0.122. The smallest absolute Gasteiger partial charge is 0.273 e. The Bertz CT molecular complexity index is 829. The number of halogens is 2. The van der Waals surface area contributed by atoms with Crippen molar-refractivity contribution in [1.82, 2.24) is 15.1 Å². The predicted octanol–water partition coefficient (Wildman–Crippen LogP) is 3.57. The maximum atomic E-state index is 12.9. The van der Waals surface area contributed by atoms with E-state index in [-0.39, 0.29) is 12.4 Å². The highest BCUT2D eigenvalue weighted by atomic mass is 79.9. The van der Waals surface area contributed by atoms with Crippen LogP contribution in [0.1, 0.15) is 50.5 Å². The zero-order chi connectivity index (χ0) is 20.2. The molecule has 0 aliphatic rings. The fraction of sp³-hybridized carbons (Fsp3) is 0.526. The van der Waals surface area contributed by atoms with Crippen molar-refractivity contribution in [3.63, 3.8) is 0 Å². The van der Waals surface area contributed by atoms with Crippen molar-refractivity contribution in [1.29, 1.82) is 0 Å². The summed E-state index contributed by atoms with van der Waals surface area (Å²) in [4.78, 5) is 24.6. The normalized spacial score (nSPS) is 12.9. The molecule has 2 rings (SSSR count). The molecule has 2 aromatic rings. The number of primary amides is 1. The van der Waals surface area contributed by atoms with E-state index in [2.05, 4.69) is 26.3 Å². The molecule has 0 bridgehead atoms. The van der Waals surface area contributed by atoms with Crippen LogP contribution in [0.15, 0.2) is 22.7 Å². The maximum absolute atomic E-state index is 12.9. The Morgan fingerprint density at radius 2 is 2.00 bits per heavy atom. The minimum atomic E-state index is -0.818. The Labute approximate surface area is 166 Å². The highest BCUT2D eigenvalue weighted by Gasteiger charge is 2.32. The van der Waals surface area contributed by atoms with Crippen molar-refractivity contribution in [3.8, 4) is 0 Å². The van der Waals surface area contributed by atoms with Gasteiger partial charge < -0.3 is 11.1 Å². The number of hydrogen-bond acceptors (Lipinski definition) is 3. The number of fused-ring (bicyclic) bond motifs is 1. The molecular formula is C19H26BrFN4O2. The van der Waals surface area contributed by atoms with Gasteiger partial charge in [-0.05, 0) is 42.9 Å². The summed E-state index contributed by atoms with van der Waals surface area (Å²) in [5, 5.41) is 7.86. The molecule has 0 spiro atoms. The van der Waals surface area contributed by atoms with Crippen molar-refractivity contribution < 1.29 is 14.0 Å². The number of nitrogens with zero attached hydrogens (tertiary/aromatic N) is 2. The zero-order valence-corrected chi connectivity index (χ0v) is 17.5. The van der Waals surface area contributed by atoms with Gasteiger partial charge in [-0.2, -0.15) is 5.10 Å². The monoisotopic (exact) mass is 440 g/mol. The second kappa shape index (κ2) is 8.82. The van der Waals surface area contributed by atoms with Crippen molar-refractivity contribution >= 4 is 38.6 Å². The topological polar surface area (TPSA) is 90.0 Å². The van der Waals surface area contributed by atoms with Gasteiger partial charge in [-0.3, -0.25) is 18.7 Å². The number of rotatable bonds is 8. The van der Waals surface area contributed by atoms with Crippen LogP contribution >= 0.6 is 15.9 Å². The molecule has 27 heavy (non-hydrogen) atoms. The van der Waals surface area contributed by atoms with E-state index in [4.69, 9.17) is 5.73 Å². The number of nitrogens with one attached hydrogen (secondary N) is 1. The highest BCUT2D eigenvalue weighted by Crippen LogP contribution is 2.25. The molecule has 1 unspecified atom stereocenters. The van der Waals surface area contributed by atoms with Crippen molar-refractivity contribution in [2.24, 2.45) is 11.1 Å². The Balaban J connectivity index is 2.34. The van der Waals surface area contributed by atoms with Crippen LogP contribution in [0.4, 0.5) is 4.39 Å². The van der Waals surface area contributed by atoms with Crippen LogP contribution in [0, 0.1) is 5.41 Å². The van der Waals surface area contributed by atoms with Gasteiger partial charge >= 0.3 is 0 Å². The lowest BCUT2D eigenvalue weighted by Crippen LogP contribution is -2.52. The summed E-state index contributed by atoms with van der Waals surface area (Å²) in [5.41, 5.74) is 6.00. The molecule has 1 aromatic heterocycles. The van der Waals surface area contributed by atoms with Crippen LogP contribution in [0.3, 0.4) is 0 Å². The molecule has 0 saturated heterocycles. The van der Waals surface area contributed by atoms with Crippen LogP contribution in [-0.2, 0) is 11.3 Å². The fourth-order valence-corrected chi connectivity index (χ4v) is 3.30. The van der Waals surface area contributed by atoms with Crippen LogP contribution in [0.25, 0.3) is 10.9 Å². The van der Waals surface area contributed by atoms with Gasteiger partial charge in [-0.15, -0.1) is 0 Å². The number of carbonyl (C=O) groups is 2. The van der Waals surface area contributed by atoms with E-state index in [0.29, 0.717) is 18.4 Å². The largest absolute Gasteiger partial charge is 0.368 e. The lowest BCUT2D eigenvalue weighted by Gasteiger charge is -2.28. The first-order valence-electron chi connectivity index (χ1n) is 8.97. The van der Waals surface area contributed by atoms with E-state index >= 15 is 0 Å². The lowest BCUT2D eigenvalue weighted by atomic mass is 9.86. The summed E-state index contributed by atoms with van der Waals surface area (Å²) in [5.74, 6) is -1.04. The molecule has 3 N–H and O–H groups in total. The van der Waals surface area contributed by atoms with Crippen molar-refractivity contribution in [2.45, 2.75) is 52.6 Å². The molecule has 1 aromatic carbocycles. The van der Waals surface area contributed by atoms with E-state index in [1.807, 2.05) is 39.0 Å². The number of aryl methyl sites for hydroxylation is 1. The minimum absolute atomic E-state index is 0.243. The van der Waals surface area contributed by atoms with E-state index in [0.717, 1.165) is 22.8 Å². The molecule has 1 heterocycles. The van der Waals surface area contributed by atoms with E-state index in [1.165, 1.54) is 0 Å². The highest BCUT2D eigenvalue weighted by molar-refractivity contribution is 9.10. The van der Waals surface area contributed by atoms with Crippen LogP contribution in [0.2, 0.25) is 0 Å². The Hall–Kier alpha value is -1.96. The molecule has 2 amide bonds. The number of amides is 2. The van der Waals surface area contributed by atoms with E-state index in [9.17, 15) is 14.0 Å². The summed E-state index contributed by atoms with van der Waals surface area (Å²) >= 11 is 3.42. The zero-order valence-electron chi connectivity index (χ0n) is 15.9. The second-order valence-electron chi connectivity index (χ2n) is 7.66. The number of carbonyl (C=O) groups excluding carboxylic acids is 2. The van der Waals surface area contributed by atoms with Gasteiger partial charge in [0.15, 0.2) is 5.69 Å². The quantitative estimate of drug-likeness (QED) is 0.614. The third-order valence-electron chi connectivity index (χ3n) is 4.36. The fourth-order valence-electron chi connectivity index (χ4n) is 2.94.